The molecular weight excluding hydrogens is 432 g/mol. The number of methoxy groups -OCH3 is 1. The van der Waals surface area contributed by atoms with Crippen LogP contribution in [0.25, 0.3) is 11.3 Å². The topological polar surface area (TPSA) is 77.9 Å². The Labute approximate surface area is 200 Å². The highest BCUT2D eigenvalue weighted by Gasteiger charge is 2.28. The van der Waals surface area contributed by atoms with Gasteiger partial charge in [-0.05, 0) is 31.9 Å². The van der Waals surface area contributed by atoms with E-state index in [9.17, 15) is 4.79 Å². The number of hydrogen-bond acceptors (Lipinski definition) is 5. The predicted octanol–water partition coefficient (Wildman–Crippen LogP) is 4.60. The Bertz CT molecular complexity index is 1090. The van der Waals surface area contributed by atoms with E-state index in [1.807, 2.05) is 68.6 Å². The molecular formula is C26H32N4O4. The quantitative estimate of drug-likeness (QED) is 0.501. The third kappa shape index (κ3) is 5.34. The van der Waals surface area contributed by atoms with Gasteiger partial charge < -0.3 is 24.4 Å². The molecule has 0 saturated carbocycles. The van der Waals surface area contributed by atoms with Crippen LogP contribution in [-0.4, -0.2) is 53.6 Å². The van der Waals surface area contributed by atoms with Crippen molar-refractivity contribution in [2.45, 2.75) is 32.4 Å². The molecule has 1 aliphatic heterocycles. The van der Waals surface area contributed by atoms with E-state index in [1.165, 1.54) is 0 Å². The van der Waals surface area contributed by atoms with Crippen LogP contribution >= 0.6 is 0 Å². The molecule has 8 heteroatoms. The van der Waals surface area contributed by atoms with E-state index in [-0.39, 0.29) is 12.1 Å². The Balaban J connectivity index is 1.74. The minimum absolute atomic E-state index is 0.0260. The van der Waals surface area contributed by atoms with Crippen LogP contribution in [0.4, 0.5) is 4.79 Å². The van der Waals surface area contributed by atoms with E-state index in [4.69, 9.17) is 19.3 Å². The van der Waals surface area contributed by atoms with E-state index >= 15 is 0 Å². The van der Waals surface area contributed by atoms with Gasteiger partial charge in [-0.1, -0.05) is 42.5 Å². The first kappa shape index (κ1) is 23.6. The highest BCUT2D eigenvalue weighted by atomic mass is 16.5. The SMILES string of the molecule is CCNC(=O)N(Cc1c(-c2ccccc2)nn(C)c1Oc1ccccc1OC)CC1CCCO1. The van der Waals surface area contributed by atoms with E-state index in [2.05, 4.69) is 5.32 Å². The van der Waals surface area contributed by atoms with E-state index in [0.717, 1.165) is 36.3 Å². The Morgan fingerprint density at radius 1 is 1.18 bits per heavy atom. The molecule has 1 N–H and O–H groups in total. The lowest BCUT2D eigenvalue weighted by Crippen LogP contribution is -2.43. The number of carbonyl (C=O) groups excluding carboxylic acids is 1. The molecule has 4 rings (SSSR count). The Morgan fingerprint density at radius 3 is 2.59 bits per heavy atom. The molecule has 1 fully saturated rings. The van der Waals surface area contributed by atoms with E-state index < -0.39 is 0 Å². The second-order valence-electron chi connectivity index (χ2n) is 8.23. The second-order valence-corrected chi connectivity index (χ2v) is 8.23. The van der Waals surface area contributed by atoms with Crippen LogP contribution in [0.1, 0.15) is 25.3 Å². The van der Waals surface area contributed by atoms with Crippen LogP contribution < -0.4 is 14.8 Å². The number of benzene rings is 2. The van der Waals surface area contributed by atoms with Gasteiger partial charge in [0.2, 0.25) is 5.88 Å². The molecule has 2 amide bonds. The predicted molar refractivity (Wildman–Crippen MR) is 130 cm³/mol. The van der Waals surface area contributed by atoms with Crippen LogP contribution in [0.5, 0.6) is 17.4 Å². The van der Waals surface area contributed by atoms with Crippen LogP contribution in [0.3, 0.4) is 0 Å². The molecule has 3 aromatic rings. The molecule has 2 heterocycles. The largest absolute Gasteiger partial charge is 0.493 e. The van der Waals surface area contributed by atoms with Gasteiger partial charge in [0.1, 0.15) is 5.69 Å². The second kappa shape index (κ2) is 11.1. The molecule has 2 aromatic carbocycles. The summed E-state index contributed by atoms with van der Waals surface area (Å²) in [6, 6.07) is 17.3. The van der Waals surface area contributed by atoms with Gasteiger partial charge in [0.05, 0.1) is 25.3 Å². The van der Waals surface area contributed by atoms with Gasteiger partial charge in [0.25, 0.3) is 0 Å². The van der Waals surface area contributed by atoms with Gasteiger partial charge in [-0.2, -0.15) is 5.10 Å². The lowest BCUT2D eigenvalue weighted by atomic mass is 10.1. The van der Waals surface area contributed by atoms with Gasteiger partial charge in [-0.3, -0.25) is 0 Å². The van der Waals surface area contributed by atoms with Crippen molar-refractivity contribution in [2.24, 2.45) is 7.05 Å². The lowest BCUT2D eigenvalue weighted by molar-refractivity contribution is 0.0794. The van der Waals surface area contributed by atoms with Crippen molar-refractivity contribution < 1.29 is 19.0 Å². The summed E-state index contributed by atoms with van der Waals surface area (Å²) >= 11 is 0. The first-order chi connectivity index (χ1) is 16.6. The van der Waals surface area contributed by atoms with Crippen molar-refractivity contribution in [3.8, 4) is 28.6 Å². The van der Waals surface area contributed by atoms with Gasteiger partial charge >= 0.3 is 6.03 Å². The summed E-state index contributed by atoms with van der Waals surface area (Å²) in [7, 11) is 3.46. The molecule has 1 aliphatic rings. The Morgan fingerprint density at radius 2 is 1.91 bits per heavy atom. The minimum Gasteiger partial charge on any atom is -0.493 e. The molecule has 0 spiro atoms. The lowest BCUT2D eigenvalue weighted by Gasteiger charge is -2.26. The normalized spacial score (nSPS) is 15.2. The number of amides is 2. The van der Waals surface area contributed by atoms with Crippen LogP contribution in [0, 0.1) is 0 Å². The smallest absolute Gasteiger partial charge is 0.317 e. The fraction of sp³-hybridized carbons (Fsp3) is 0.385. The number of para-hydroxylation sites is 2. The molecule has 34 heavy (non-hydrogen) atoms. The zero-order valence-corrected chi connectivity index (χ0v) is 20.0. The summed E-state index contributed by atoms with van der Waals surface area (Å²) in [5.41, 5.74) is 2.55. The number of hydrogen-bond donors (Lipinski definition) is 1. The van der Waals surface area contributed by atoms with Crippen LogP contribution in [0.2, 0.25) is 0 Å². The van der Waals surface area contributed by atoms with Gasteiger partial charge in [-0.25, -0.2) is 9.48 Å². The zero-order valence-electron chi connectivity index (χ0n) is 20.0. The van der Waals surface area contributed by atoms with Crippen molar-refractivity contribution in [3.63, 3.8) is 0 Å². The molecule has 180 valence electrons. The summed E-state index contributed by atoms with van der Waals surface area (Å²) in [5.74, 6) is 1.76. The number of rotatable bonds is 9. The molecule has 0 aliphatic carbocycles. The van der Waals surface area contributed by atoms with Gasteiger partial charge in [-0.15, -0.1) is 0 Å². The summed E-state index contributed by atoms with van der Waals surface area (Å²) in [6.45, 7) is 4.03. The number of nitrogens with zero attached hydrogens (tertiary/aromatic N) is 3. The first-order valence-electron chi connectivity index (χ1n) is 11.7. The summed E-state index contributed by atoms with van der Waals surface area (Å²) in [5, 5.41) is 7.72. The summed E-state index contributed by atoms with van der Waals surface area (Å²) in [4.78, 5) is 14.8. The summed E-state index contributed by atoms with van der Waals surface area (Å²) < 4.78 is 19.4. The molecule has 1 saturated heterocycles. The van der Waals surface area contributed by atoms with Gasteiger partial charge in [0.15, 0.2) is 11.5 Å². The maximum Gasteiger partial charge on any atom is 0.317 e. The zero-order chi connectivity index (χ0) is 23.9. The van der Waals surface area contributed by atoms with Gasteiger partial charge in [0, 0.05) is 32.3 Å². The summed E-state index contributed by atoms with van der Waals surface area (Å²) in [6.07, 6.45) is 1.98. The maximum atomic E-state index is 13.0. The number of nitrogens with one attached hydrogen (secondary N) is 1. The number of aryl methyl sites for hydroxylation is 1. The Kier molecular flexibility index (Phi) is 7.69. The fourth-order valence-electron chi connectivity index (χ4n) is 4.17. The molecule has 1 aromatic heterocycles. The average Bonchev–Trinajstić information content (AvgIpc) is 3.48. The van der Waals surface area contributed by atoms with Crippen molar-refractivity contribution in [3.05, 3.63) is 60.2 Å². The van der Waals surface area contributed by atoms with E-state index in [1.54, 1.807) is 16.7 Å². The molecule has 1 atom stereocenters. The first-order valence-corrected chi connectivity index (χ1v) is 11.7. The van der Waals surface area contributed by atoms with E-state index in [0.29, 0.717) is 37.0 Å². The van der Waals surface area contributed by atoms with Crippen molar-refractivity contribution in [1.82, 2.24) is 20.0 Å². The van der Waals surface area contributed by atoms with Crippen molar-refractivity contribution in [1.29, 1.82) is 0 Å². The number of ether oxygens (including phenoxy) is 3. The average molecular weight is 465 g/mol. The van der Waals surface area contributed by atoms with Crippen molar-refractivity contribution in [2.75, 3.05) is 26.8 Å². The molecule has 0 radical (unpaired) electrons. The van der Waals surface area contributed by atoms with Crippen LogP contribution in [-0.2, 0) is 18.3 Å². The molecule has 8 nitrogen and oxygen atoms in total. The number of aromatic nitrogens is 2. The van der Waals surface area contributed by atoms with Crippen LogP contribution in [0.15, 0.2) is 54.6 Å². The fourth-order valence-corrected chi connectivity index (χ4v) is 4.17. The monoisotopic (exact) mass is 464 g/mol. The minimum atomic E-state index is -0.135. The standard InChI is InChI=1S/C26H32N4O4/c1-4-27-26(31)30(17-20-13-10-16-33-20)18-21-24(19-11-6-5-7-12-19)28-29(2)25(21)34-23-15-9-8-14-22(23)32-3/h5-9,11-12,14-15,20H,4,10,13,16-18H2,1-3H3,(H,27,31). The highest BCUT2D eigenvalue weighted by Crippen LogP contribution is 2.37. The van der Waals surface area contributed by atoms with Crippen molar-refractivity contribution >= 4 is 6.03 Å². The highest BCUT2D eigenvalue weighted by molar-refractivity contribution is 5.75. The molecule has 0 bridgehead atoms. The molecule has 1 unspecified atom stereocenters. The third-order valence-corrected chi connectivity index (χ3v) is 5.82. The number of carbonyl (C=O) groups is 1. The number of urea groups is 1. The third-order valence-electron chi connectivity index (χ3n) is 5.82. The Hall–Kier alpha value is -3.52. The maximum absolute atomic E-state index is 13.0.